The van der Waals surface area contributed by atoms with Crippen LogP contribution in [0.2, 0.25) is 0 Å². The molecule has 32 heavy (non-hydrogen) atoms. The Balaban J connectivity index is 1.33. The number of nitrogens with zero attached hydrogens (tertiary/aromatic N) is 4. The van der Waals surface area contributed by atoms with Gasteiger partial charge in [0.2, 0.25) is 5.91 Å². The first-order chi connectivity index (χ1) is 15.5. The summed E-state index contributed by atoms with van der Waals surface area (Å²) >= 11 is 2.73. The van der Waals surface area contributed by atoms with E-state index >= 15 is 0 Å². The third-order valence-corrected chi connectivity index (χ3v) is 6.56. The largest absolute Gasteiger partial charge is 0.482 e. The lowest BCUT2D eigenvalue weighted by Crippen LogP contribution is -2.14. The van der Waals surface area contributed by atoms with E-state index in [-0.39, 0.29) is 17.8 Å². The molecule has 1 amide bonds. The maximum Gasteiger partial charge on any atom is 0.236 e. The van der Waals surface area contributed by atoms with Gasteiger partial charge in [0.15, 0.2) is 22.2 Å². The van der Waals surface area contributed by atoms with Crippen molar-refractivity contribution in [2.45, 2.75) is 25.1 Å². The van der Waals surface area contributed by atoms with Crippen LogP contribution in [0.4, 0.5) is 5.13 Å². The number of carbonyl (C=O) groups is 1. The minimum absolute atomic E-state index is 0.141. The first-order valence-corrected chi connectivity index (χ1v) is 11.9. The molecule has 2 aromatic carbocycles. The predicted molar refractivity (Wildman–Crippen MR) is 128 cm³/mol. The van der Waals surface area contributed by atoms with Crippen molar-refractivity contribution in [3.63, 3.8) is 0 Å². The Hall–Kier alpha value is -3.17. The standard InChI is InChI=1S/C23H23N5O2S2/c1-15-9-7-8-12-19(15)30-16(2)21-26-27-23(28(21)3)32-14-20(29)25-22-24-18(13-31-22)17-10-5-4-6-11-17/h4-13,16H,14H2,1-3H3,(H,24,25,29). The van der Waals surface area contributed by atoms with E-state index in [0.29, 0.717) is 16.1 Å². The van der Waals surface area contributed by atoms with E-state index in [1.54, 1.807) is 0 Å². The Morgan fingerprint density at radius 3 is 2.69 bits per heavy atom. The van der Waals surface area contributed by atoms with Crippen molar-refractivity contribution in [3.05, 3.63) is 71.4 Å². The van der Waals surface area contributed by atoms with E-state index in [1.165, 1.54) is 23.1 Å². The summed E-state index contributed by atoms with van der Waals surface area (Å²) in [4.78, 5) is 16.9. The van der Waals surface area contributed by atoms with Crippen LogP contribution in [0.3, 0.4) is 0 Å². The van der Waals surface area contributed by atoms with Crippen LogP contribution < -0.4 is 10.1 Å². The van der Waals surface area contributed by atoms with E-state index in [1.807, 2.05) is 85.4 Å². The van der Waals surface area contributed by atoms with E-state index in [2.05, 4.69) is 20.5 Å². The van der Waals surface area contributed by atoms with Gasteiger partial charge in [0.25, 0.3) is 0 Å². The second kappa shape index (κ2) is 9.97. The third kappa shape index (κ3) is 5.17. The van der Waals surface area contributed by atoms with E-state index in [0.717, 1.165) is 22.6 Å². The SMILES string of the molecule is Cc1ccccc1OC(C)c1nnc(SCC(=O)Nc2nc(-c3ccccc3)cs2)n1C. The van der Waals surface area contributed by atoms with Crippen LogP contribution in [0.25, 0.3) is 11.3 Å². The molecule has 9 heteroatoms. The number of thioether (sulfide) groups is 1. The fourth-order valence-corrected chi connectivity index (χ4v) is 4.55. The third-order valence-electron chi connectivity index (χ3n) is 4.78. The lowest BCUT2D eigenvalue weighted by atomic mass is 10.2. The van der Waals surface area contributed by atoms with Gasteiger partial charge in [0.1, 0.15) is 5.75 Å². The van der Waals surface area contributed by atoms with Crippen molar-refractivity contribution >= 4 is 34.1 Å². The molecule has 0 fully saturated rings. The number of carbonyl (C=O) groups excluding carboxylic acids is 1. The minimum Gasteiger partial charge on any atom is -0.482 e. The van der Waals surface area contributed by atoms with Crippen molar-refractivity contribution in [3.8, 4) is 17.0 Å². The molecule has 1 unspecified atom stereocenters. The summed E-state index contributed by atoms with van der Waals surface area (Å²) in [5.41, 5.74) is 2.93. The molecule has 0 radical (unpaired) electrons. The van der Waals surface area contributed by atoms with E-state index < -0.39 is 0 Å². The molecule has 2 heterocycles. The Morgan fingerprint density at radius 2 is 1.91 bits per heavy atom. The Labute approximate surface area is 194 Å². The number of aromatic nitrogens is 4. The van der Waals surface area contributed by atoms with Gasteiger partial charge < -0.3 is 14.6 Å². The molecule has 7 nitrogen and oxygen atoms in total. The molecule has 0 spiro atoms. The molecular formula is C23H23N5O2S2. The van der Waals surface area contributed by atoms with Gasteiger partial charge in [-0.15, -0.1) is 21.5 Å². The minimum atomic E-state index is -0.275. The summed E-state index contributed by atoms with van der Waals surface area (Å²) in [6.45, 7) is 3.94. The molecule has 1 atom stereocenters. The number of aryl methyl sites for hydroxylation is 1. The monoisotopic (exact) mass is 465 g/mol. The zero-order valence-electron chi connectivity index (χ0n) is 18.0. The summed E-state index contributed by atoms with van der Waals surface area (Å²) in [6, 6.07) is 17.7. The summed E-state index contributed by atoms with van der Waals surface area (Å²) < 4.78 is 7.91. The molecule has 4 aromatic rings. The number of anilines is 1. The molecular weight excluding hydrogens is 442 g/mol. The first kappa shape index (κ1) is 22.0. The van der Waals surface area contributed by atoms with Crippen molar-refractivity contribution in [1.82, 2.24) is 19.7 Å². The van der Waals surface area contributed by atoms with Gasteiger partial charge in [-0.2, -0.15) is 0 Å². The lowest BCUT2D eigenvalue weighted by Gasteiger charge is -2.15. The summed E-state index contributed by atoms with van der Waals surface area (Å²) in [5, 5.41) is 14.5. The molecule has 2 aromatic heterocycles. The number of thiazole rings is 1. The topological polar surface area (TPSA) is 81.9 Å². The highest BCUT2D eigenvalue weighted by Crippen LogP contribution is 2.27. The molecule has 164 valence electrons. The fourth-order valence-electron chi connectivity index (χ4n) is 3.10. The Bertz CT molecular complexity index is 1210. The van der Waals surface area contributed by atoms with Crippen LogP contribution in [-0.2, 0) is 11.8 Å². The van der Waals surface area contributed by atoms with Gasteiger partial charge >= 0.3 is 0 Å². The quantitative estimate of drug-likeness (QED) is 0.364. The van der Waals surface area contributed by atoms with Crippen molar-refractivity contribution in [1.29, 1.82) is 0 Å². The highest BCUT2D eigenvalue weighted by atomic mass is 32.2. The maximum absolute atomic E-state index is 12.4. The Kier molecular flexibility index (Phi) is 6.87. The summed E-state index contributed by atoms with van der Waals surface area (Å²) in [7, 11) is 1.88. The van der Waals surface area contributed by atoms with Crippen LogP contribution in [0.5, 0.6) is 5.75 Å². The first-order valence-electron chi connectivity index (χ1n) is 10.1. The smallest absolute Gasteiger partial charge is 0.236 e. The second-order valence-corrected chi connectivity index (χ2v) is 8.97. The van der Waals surface area contributed by atoms with E-state index in [4.69, 9.17) is 4.74 Å². The number of hydrogen-bond acceptors (Lipinski definition) is 7. The van der Waals surface area contributed by atoms with Gasteiger partial charge in [0, 0.05) is 18.0 Å². The lowest BCUT2D eigenvalue weighted by molar-refractivity contribution is -0.113. The van der Waals surface area contributed by atoms with Crippen LogP contribution >= 0.6 is 23.1 Å². The van der Waals surface area contributed by atoms with Crippen molar-refractivity contribution in [2.24, 2.45) is 7.05 Å². The van der Waals surface area contributed by atoms with E-state index in [9.17, 15) is 4.79 Å². The number of ether oxygens (including phenoxy) is 1. The maximum atomic E-state index is 12.4. The number of amides is 1. The van der Waals surface area contributed by atoms with Gasteiger partial charge in [-0.1, -0.05) is 60.3 Å². The zero-order valence-corrected chi connectivity index (χ0v) is 19.6. The highest BCUT2D eigenvalue weighted by Gasteiger charge is 2.19. The zero-order chi connectivity index (χ0) is 22.5. The Morgan fingerprint density at radius 1 is 1.16 bits per heavy atom. The molecule has 0 aliphatic carbocycles. The fraction of sp³-hybridized carbons (Fsp3) is 0.217. The molecule has 0 bridgehead atoms. The number of hydrogen-bond donors (Lipinski definition) is 1. The molecule has 0 saturated heterocycles. The van der Waals surface area contributed by atoms with Crippen LogP contribution in [0.15, 0.2) is 65.1 Å². The number of benzene rings is 2. The molecule has 0 aliphatic rings. The van der Waals surface area contributed by atoms with Gasteiger partial charge in [-0.05, 0) is 25.5 Å². The average Bonchev–Trinajstić information content (AvgIpc) is 3.41. The van der Waals surface area contributed by atoms with Gasteiger partial charge in [-0.3, -0.25) is 4.79 Å². The van der Waals surface area contributed by atoms with Crippen molar-refractivity contribution in [2.75, 3.05) is 11.1 Å². The van der Waals surface area contributed by atoms with Crippen LogP contribution in [0.1, 0.15) is 24.4 Å². The van der Waals surface area contributed by atoms with Crippen molar-refractivity contribution < 1.29 is 9.53 Å². The number of nitrogens with one attached hydrogen (secondary N) is 1. The molecule has 4 rings (SSSR count). The normalized spacial score (nSPS) is 11.8. The molecule has 1 N–H and O–H groups in total. The van der Waals surface area contributed by atoms with Gasteiger partial charge in [-0.25, -0.2) is 4.98 Å². The molecule has 0 saturated carbocycles. The van der Waals surface area contributed by atoms with Gasteiger partial charge in [0.05, 0.1) is 11.4 Å². The second-order valence-electron chi connectivity index (χ2n) is 7.17. The molecule has 0 aliphatic heterocycles. The number of rotatable bonds is 8. The predicted octanol–water partition coefficient (Wildman–Crippen LogP) is 5.12. The summed E-state index contributed by atoms with van der Waals surface area (Å²) in [5.74, 6) is 1.58. The summed E-state index contributed by atoms with van der Waals surface area (Å²) in [6.07, 6.45) is -0.275. The number of para-hydroxylation sites is 1. The highest BCUT2D eigenvalue weighted by molar-refractivity contribution is 7.99. The van der Waals surface area contributed by atoms with Crippen LogP contribution in [-0.4, -0.2) is 31.4 Å². The average molecular weight is 466 g/mol. The van der Waals surface area contributed by atoms with Crippen LogP contribution in [0, 0.1) is 6.92 Å².